The molecule has 0 heterocycles. The van der Waals surface area contributed by atoms with Gasteiger partial charge in [0.1, 0.15) is 4.61 Å². The summed E-state index contributed by atoms with van der Waals surface area (Å²) in [6.45, 7) is 0. The summed E-state index contributed by atoms with van der Waals surface area (Å²) in [5.41, 5.74) is 0. The van der Waals surface area contributed by atoms with Crippen LogP contribution in [0.5, 0.6) is 0 Å². The third-order valence-electron chi connectivity index (χ3n) is 1.89. The minimum atomic E-state index is 0.00639. The average Bonchev–Trinajstić information content (AvgIpc) is 2.38. The lowest BCUT2D eigenvalue weighted by molar-refractivity contribution is -0.145. The molecule has 1 aliphatic carbocycles. The summed E-state index contributed by atoms with van der Waals surface area (Å²) in [6, 6.07) is 0. The highest BCUT2D eigenvalue weighted by molar-refractivity contribution is 14.1. The number of hydrogen-bond donors (Lipinski definition) is 0. The van der Waals surface area contributed by atoms with E-state index in [4.69, 9.17) is 4.74 Å². The molecule has 0 bridgehead atoms. The smallest absolute Gasteiger partial charge is 0.309 e. The highest BCUT2D eigenvalue weighted by Gasteiger charge is 2.23. The van der Waals surface area contributed by atoms with E-state index < -0.39 is 0 Å². The van der Waals surface area contributed by atoms with Crippen molar-refractivity contribution >= 4 is 28.6 Å². The number of esters is 1. The normalized spacial score (nSPS) is 19.3. The average molecular weight is 254 g/mol. The number of carbonyl (C=O) groups is 1. The second-order valence-corrected chi connectivity index (χ2v) is 3.18. The molecule has 0 aromatic rings. The van der Waals surface area contributed by atoms with Crippen molar-refractivity contribution < 1.29 is 9.53 Å². The molecule has 3 heteroatoms. The van der Waals surface area contributed by atoms with Crippen molar-refractivity contribution in [1.82, 2.24) is 0 Å². The van der Waals surface area contributed by atoms with E-state index in [0.717, 1.165) is 12.8 Å². The summed E-state index contributed by atoms with van der Waals surface area (Å²) in [7, 11) is 0. The SMILES string of the molecule is O=C(OCI)C1CCCC1. The Morgan fingerprint density at radius 2 is 2.10 bits per heavy atom. The number of carbonyl (C=O) groups excluding carboxylic acids is 1. The maximum Gasteiger partial charge on any atom is 0.309 e. The Bertz CT molecular complexity index is 119. The fraction of sp³-hybridized carbons (Fsp3) is 0.857. The highest BCUT2D eigenvalue weighted by atomic mass is 127. The first-order valence-electron chi connectivity index (χ1n) is 3.57. The van der Waals surface area contributed by atoms with E-state index in [1.807, 2.05) is 22.6 Å². The Morgan fingerprint density at radius 3 is 2.60 bits per heavy atom. The Hall–Kier alpha value is 0.200. The van der Waals surface area contributed by atoms with Crippen LogP contribution >= 0.6 is 22.6 Å². The van der Waals surface area contributed by atoms with Gasteiger partial charge >= 0.3 is 5.97 Å². The van der Waals surface area contributed by atoms with Crippen LogP contribution in [-0.4, -0.2) is 10.6 Å². The summed E-state index contributed by atoms with van der Waals surface area (Å²) in [5, 5.41) is 0. The molecule has 1 fully saturated rings. The van der Waals surface area contributed by atoms with Crippen LogP contribution in [0.2, 0.25) is 0 Å². The minimum Gasteiger partial charge on any atom is -0.455 e. The van der Waals surface area contributed by atoms with E-state index in [2.05, 4.69) is 0 Å². The molecule has 1 aliphatic rings. The molecule has 1 saturated carbocycles. The summed E-state index contributed by atoms with van der Waals surface area (Å²) < 4.78 is 5.37. The van der Waals surface area contributed by atoms with Crippen LogP contribution in [0.25, 0.3) is 0 Å². The summed E-state index contributed by atoms with van der Waals surface area (Å²) in [4.78, 5) is 11.0. The Labute approximate surface area is 74.5 Å². The highest BCUT2D eigenvalue weighted by Crippen LogP contribution is 2.25. The van der Waals surface area contributed by atoms with E-state index in [1.54, 1.807) is 0 Å². The van der Waals surface area contributed by atoms with Crippen molar-refractivity contribution in [2.75, 3.05) is 4.61 Å². The summed E-state index contributed by atoms with van der Waals surface area (Å²) in [5.74, 6) is 0.224. The molecule has 1 rings (SSSR count). The Morgan fingerprint density at radius 1 is 1.50 bits per heavy atom. The zero-order valence-electron chi connectivity index (χ0n) is 5.81. The molecule has 0 amide bonds. The first kappa shape index (κ1) is 8.30. The number of ether oxygens (including phenoxy) is 1. The molecule has 0 N–H and O–H groups in total. The zero-order valence-corrected chi connectivity index (χ0v) is 7.96. The first-order valence-corrected chi connectivity index (χ1v) is 5.09. The molecule has 0 radical (unpaired) electrons. The third kappa shape index (κ3) is 2.11. The van der Waals surface area contributed by atoms with Gasteiger partial charge in [-0.25, -0.2) is 0 Å². The van der Waals surface area contributed by atoms with Crippen molar-refractivity contribution in [3.8, 4) is 0 Å². The van der Waals surface area contributed by atoms with Crippen LogP contribution in [0.1, 0.15) is 25.7 Å². The molecule has 0 spiro atoms. The van der Waals surface area contributed by atoms with Gasteiger partial charge in [0, 0.05) is 0 Å². The van der Waals surface area contributed by atoms with Gasteiger partial charge in [-0.05, 0) is 35.4 Å². The van der Waals surface area contributed by atoms with Crippen molar-refractivity contribution in [3.63, 3.8) is 0 Å². The number of hydrogen-bond acceptors (Lipinski definition) is 2. The van der Waals surface area contributed by atoms with Gasteiger partial charge in [0.05, 0.1) is 5.92 Å². The maximum atomic E-state index is 11.0. The fourth-order valence-corrected chi connectivity index (χ4v) is 1.64. The quantitative estimate of drug-likeness (QED) is 0.428. The lowest BCUT2D eigenvalue weighted by atomic mass is 10.1. The van der Waals surface area contributed by atoms with Crippen LogP contribution in [-0.2, 0) is 9.53 Å². The molecule has 0 aromatic carbocycles. The van der Waals surface area contributed by atoms with Crippen molar-refractivity contribution in [1.29, 1.82) is 0 Å². The lowest BCUT2D eigenvalue weighted by Gasteiger charge is -2.05. The van der Waals surface area contributed by atoms with Crippen molar-refractivity contribution in [3.05, 3.63) is 0 Å². The van der Waals surface area contributed by atoms with Gasteiger partial charge in [-0.3, -0.25) is 4.79 Å². The van der Waals surface area contributed by atoms with E-state index in [1.165, 1.54) is 12.8 Å². The van der Waals surface area contributed by atoms with E-state index in [-0.39, 0.29) is 11.9 Å². The molecule has 0 unspecified atom stereocenters. The topological polar surface area (TPSA) is 26.3 Å². The van der Waals surface area contributed by atoms with Crippen LogP contribution in [0.4, 0.5) is 0 Å². The Balaban J connectivity index is 2.25. The molecule has 0 aliphatic heterocycles. The maximum absolute atomic E-state index is 11.0. The van der Waals surface area contributed by atoms with Gasteiger partial charge in [0.2, 0.25) is 0 Å². The number of rotatable bonds is 2. The zero-order chi connectivity index (χ0) is 7.40. The predicted molar refractivity (Wildman–Crippen MR) is 46.9 cm³/mol. The van der Waals surface area contributed by atoms with Gasteiger partial charge in [-0.15, -0.1) is 0 Å². The van der Waals surface area contributed by atoms with Crippen LogP contribution in [0.3, 0.4) is 0 Å². The summed E-state index contributed by atoms with van der Waals surface area (Å²) in [6.07, 6.45) is 4.47. The monoisotopic (exact) mass is 254 g/mol. The second kappa shape index (κ2) is 4.16. The number of alkyl halides is 1. The van der Waals surface area contributed by atoms with Crippen LogP contribution < -0.4 is 0 Å². The van der Waals surface area contributed by atoms with Crippen LogP contribution in [0.15, 0.2) is 0 Å². The van der Waals surface area contributed by atoms with Crippen molar-refractivity contribution in [2.24, 2.45) is 5.92 Å². The Kier molecular flexibility index (Phi) is 3.45. The largest absolute Gasteiger partial charge is 0.455 e. The summed E-state index contributed by atoms with van der Waals surface area (Å²) >= 11 is 2.05. The van der Waals surface area contributed by atoms with Gasteiger partial charge in [-0.2, -0.15) is 0 Å². The number of halogens is 1. The van der Waals surface area contributed by atoms with Crippen LogP contribution in [0, 0.1) is 5.92 Å². The molecule has 2 nitrogen and oxygen atoms in total. The molecule has 0 aromatic heterocycles. The fourth-order valence-electron chi connectivity index (χ4n) is 1.33. The van der Waals surface area contributed by atoms with Gasteiger partial charge in [-0.1, -0.05) is 12.8 Å². The molecule has 0 atom stereocenters. The standard InChI is InChI=1S/C7H11IO2/c8-5-10-7(9)6-3-1-2-4-6/h6H,1-5H2. The van der Waals surface area contributed by atoms with Gasteiger partial charge in [0.15, 0.2) is 0 Å². The molecule has 58 valence electrons. The van der Waals surface area contributed by atoms with Gasteiger partial charge in [0.25, 0.3) is 0 Å². The van der Waals surface area contributed by atoms with E-state index >= 15 is 0 Å². The minimum absolute atomic E-state index is 0.00639. The van der Waals surface area contributed by atoms with E-state index in [0.29, 0.717) is 4.61 Å². The second-order valence-electron chi connectivity index (χ2n) is 2.55. The third-order valence-corrected chi connectivity index (χ3v) is 2.20. The van der Waals surface area contributed by atoms with Crippen molar-refractivity contribution in [2.45, 2.75) is 25.7 Å². The predicted octanol–water partition coefficient (Wildman–Crippen LogP) is 2.11. The molecule has 10 heavy (non-hydrogen) atoms. The van der Waals surface area contributed by atoms with E-state index in [9.17, 15) is 4.79 Å². The molecular formula is C7H11IO2. The first-order chi connectivity index (χ1) is 4.84. The molecular weight excluding hydrogens is 243 g/mol. The van der Waals surface area contributed by atoms with Gasteiger partial charge < -0.3 is 4.74 Å². The molecule has 0 saturated heterocycles. The lowest BCUT2D eigenvalue weighted by Crippen LogP contribution is -2.13.